The highest BCUT2D eigenvalue weighted by molar-refractivity contribution is 7.98. The number of hydrogen-bond donors (Lipinski definition) is 1. The van der Waals surface area contributed by atoms with Crippen LogP contribution in [0.15, 0.2) is 34.2 Å². The van der Waals surface area contributed by atoms with Gasteiger partial charge >= 0.3 is 0 Å². The zero-order valence-corrected chi connectivity index (χ0v) is 16.1. The number of morpholine rings is 1. The molecule has 8 heteroatoms. The monoisotopic (exact) mass is 386 g/mol. The molecule has 1 saturated heterocycles. The second-order valence-corrected chi connectivity index (χ2v) is 6.89. The van der Waals surface area contributed by atoms with Gasteiger partial charge in [-0.3, -0.25) is 9.69 Å². The van der Waals surface area contributed by atoms with Crippen molar-refractivity contribution in [3.8, 4) is 23.1 Å². The number of nitrogens with one attached hydrogen (secondary N) is 1. The second-order valence-electron chi connectivity index (χ2n) is 6.09. The molecule has 2 heterocycles. The Labute approximate surface area is 162 Å². The Morgan fingerprint density at radius 3 is 2.96 bits per heavy atom. The number of nitrogens with zero attached hydrogens (tertiary/aromatic N) is 3. The molecule has 0 atom stereocenters. The molecule has 142 valence electrons. The molecule has 0 saturated carbocycles. The first-order chi connectivity index (χ1) is 13.2. The minimum absolute atomic E-state index is 0.0114. The fourth-order valence-electron chi connectivity index (χ4n) is 2.90. The van der Waals surface area contributed by atoms with Crippen LogP contribution >= 0.6 is 11.8 Å². The van der Waals surface area contributed by atoms with Crippen molar-refractivity contribution in [1.82, 2.24) is 14.9 Å². The molecule has 1 aliphatic rings. The van der Waals surface area contributed by atoms with E-state index >= 15 is 0 Å². The molecule has 1 aromatic heterocycles. The quantitative estimate of drug-likeness (QED) is 0.443. The molecule has 0 amide bonds. The lowest BCUT2D eigenvalue weighted by molar-refractivity contribution is 0.0358. The van der Waals surface area contributed by atoms with Gasteiger partial charge < -0.3 is 14.5 Å². The minimum atomic E-state index is -0.427. The van der Waals surface area contributed by atoms with Crippen molar-refractivity contribution in [1.29, 1.82) is 5.26 Å². The molecule has 27 heavy (non-hydrogen) atoms. The Morgan fingerprint density at radius 1 is 1.41 bits per heavy atom. The first-order valence-corrected chi connectivity index (χ1v) is 10.1. The number of benzene rings is 1. The fourth-order valence-corrected chi connectivity index (χ4v) is 3.28. The van der Waals surface area contributed by atoms with Gasteiger partial charge in [0.25, 0.3) is 5.56 Å². The van der Waals surface area contributed by atoms with E-state index in [1.54, 1.807) is 0 Å². The number of aromatic nitrogens is 2. The Hall–Kier alpha value is -2.34. The SMILES string of the molecule is CSc1nc(-c2cccc(OCCCN3CCOCC3)c2)c(C#N)c(=O)[nH]1. The third-order valence-corrected chi connectivity index (χ3v) is 4.88. The molecule has 0 aliphatic carbocycles. The van der Waals surface area contributed by atoms with Gasteiger partial charge in [0.15, 0.2) is 5.16 Å². The van der Waals surface area contributed by atoms with E-state index in [2.05, 4.69) is 14.9 Å². The van der Waals surface area contributed by atoms with E-state index in [0.717, 1.165) is 39.3 Å². The largest absolute Gasteiger partial charge is 0.494 e. The minimum Gasteiger partial charge on any atom is -0.494 e. The van der Waals surface area contributed by atoms with Crippen LogP contribution in [0.3, 0.4) is 0 Å². The smallest absolute Gasteiger partial charge is 0.270 e. The van der Waals surface area contributed by atoms with Crippen LogP contribution in [0.1, 0.15) is 12.0 Å². The average molecular weight is 386 g/mol. The third-order valence-electron chi connectivity index (χ3n) is 4.30. The summed E-state index contributed by atoms with van der Waals surface area (Å²) in [7, 11) is 0. The summed E-state index contributed by atoms with van der Waals surface area (Å²) in [5.41, 5.74) is 0.656. The summed E-state index contributed by atoms with van der Waals surface area (Å²) in [6.07, 6.45) is 2.75. The number of rotatable bonds is 7. The summed E-state index contributed by atoms with van der Waals surface area (Å²) >= 11 is 1.32. The van der Waals surface area contributed by atoms with E-state index in [-0.39, 0.29) is 5.56 Å². The van der Waals surface area contributed by atoms with E-state index in [1.165, 1.54) is 11.8 Å². The summed E-state index contributed by atoms with van der Waals surface area (Å²) in [4.78, 5) is 21.5. The maximum Gasteiger partial charge on any atom is 0.270 e. The van der Waals surface area contributed by atoms with Crippen LogP contribution in [0, 0.1) is 11.3 Å². The van der Waals surface area contributed by atoms with Crippen molar-refractivity contribution >= 4 is 11.8 Å². The van der Waals surface area contributed by atoms with E-state index in [0.29, 0.717) is 28.8 Å². The molecule has 1 aliphatic heterocycles. The Kier molecular flexibility index (Phi) is 6.87. The highest BCUT2D eigenvalue weighted by Gasteiger charge is 2.14. The van der Waals surface area contributed by atoms with Gasteiger partial charge in [-0.1, -0.05) is 23.9 Å². The molecular formula is C19H22N4O3S. The van der Waals surface area contributed by atoms with Gasteiger partial charge in [0.05, 0.1) is 25.5 Å². The molecule has 3 rings (SSSR count). The number of nitriles is 1. The zero-order valence-electron chi connectivity index (χ0n) is 15.2. The predicted molar refractivity (Wildman–Crippen MR) is 104 cm³/mol. The lowest BCUT2D eigenvalue weighted by Gasteiger charge is -2.26. The molecule has 7 nitrogen and oxygen atoms in total. The highest BCUT2D eigenvalue weighted by atomic mass is 32.2. The van der Waals surface area contributed by atoms with Crippen molar-refractivity contribution in [2.45, 2.75) is 11.6 Å². The second kappa shape index (κ2) is 9.55. The van der Waals surface area contributed by atoms with Crippen LogP contribution in [0.2, 0.25) is 0 Å². The van der Waals surface area contributed by atoms with Crippen molar-refractivity contribution in [2.24, 2.45) is 0 Å². The van der Waals surface area contributed by atoms with Crippen LogP contribution in [0.4, 0.5) is 0 Å². The number of H-pyrrole nitrogens is 1. The van der Waals surface area contributed by atoms with Crippen LogP contribution < -0.4 is 10.3 Å². The average Bonchev–Trinajstić information content (AvgIpc) is 2.71. The Balaban J connectivity index is 1.68. The molecule has 0 spiro atoms. The van der Waals surface area contributed by atoms with Crippen molar-refractivity contribution in [3.63, 3.8) is 0 Å². The van der Waals surface area contributed by atoms with Crippen LogP contribution in [0.25, 0.3) is 11.3 Å². The summed E-state index contributed by atoms with van der Waals surface area (Å²) < 4.78 is 11.2. The lowest BCUT2D eigenvalue weighted by atomic mass is 10.1. The lowest BCUT2D eigenvalue weighted by Crippen LogP contribution is -2.37. The Morgan fingerprint density at radius 2 is 2.22 bits per heavy atom. The number of ether oxygens (including phenoxy) is 2. The van der Waals surface area contributed by atoms with E-state index in [4.69, 9.17) is 9.47 Å². The number of aromatic amines is 1. The predicted octanol–water partition coefficient (Wildman–Crippen LogP) is 2.13. The van der Waals surface area contributed by atoms with Gasteiger partial charge in [-0.25, -0.2) is 4.98 Å². The normalized spacial score (nSPS) is 14.7. The number of thioether (sulfide) groups is 1. The van der Waals surface area contributed by atoms with Crippen LogP contribution in [0.5, 0.6) is 5.75 Å². The molecule has 1 aromatic carbocycles. The summed E-state index contributed by atoms with van der Waals surface area (Å²) in [5.74, 6) is 0.700. The topological polar surface area (TPSA) is 91.2 Å². The summed E-state index contributed by atoms with van der Waals surface area (Å²) in [5, 5.41) is 9.81. The Bertz CT molecular complexity index is 872. The first-order valence-electron chi connectivity index (χ1n) is 8.83. The molecule has 2 aromatic rings. The van der Waals surface area contributed by atoms with Gasteiger partial charge in [-0.05, 0) is 24.8 Å². The highest BCUT2D eigenvalue weighted by Crippen LogP contribution is 2.25. The molecule has 0 radical (unpaired) electrons. The van der Waals surface area contributed by atoms with Crippen LogP contribution in [-0.2, 0) is 4.74 Å². The zero-order chi connectivity index (χ0) is 19.1. The molecule has 0 bridgehead atoms. The van der Waals surface area contributed by atoms with Gasteiger partial charge in [-0.15, -0.1) is 0 Å². The third kappa shape index (κ3) is 5.10. The van der Waals surface area contributed by atoms with Gasteiger partial charge in [0.1, 0.15) is 17.4 Å². The van der Waals surface area contributed by atoms with Gasteiger partial charge in [0, 0.05) is 25.2 Å². The maximum absolute atomic E-state index is 12.1. The van der Waals surface area contributed by atoms with Gasteiger partial charge in [0.2, 0.25) is 0 Å². The van der Waals surface area contributed by atoms with Crippen molar-refractivity contribution in [3.05, 3.63) is 40.2 Å². The van der Waals surface area contributed by atoms with Crippen molar-refractivity contribution < 1.29 is 9.47 Å². The van der Waals surface area contributed by atoms with E-state index in [9.17, 15) is 10.1 Å². The van der Waals surface area contributed by atoms with Crippen LogP contribution in [-0.4, -0.2) is 60.6 Å². The van der Waals surface area contributed by atoms with Gasteiger partial charge in [-0.2, -0.15) is 5.26 Å². The summed E-state index contributed by atoms with van der Waals surface area (Å²) in [6, 6.07) is 9.31. The first kappa shape index (κ1) is 19.4. The molecule has 0 unspecified atom stereocenters. The summed E-state index contributed by atoms with van der Waals surface area (Å²) in [6.45, 7) is 5.12. The molecule has 1 fully saturated rings. The molecular weight excluding hydrogens is 364 g/mol. The van der Waals surface area contributed by atoms with E-state index in [1.807, 2.05) is 36.6 Å². The van der Waals surface area contributed by atoms with Crippen molar-refractivity contribution in [2.75, 3.05) is 45.7 Å². The number of hydrogen-bond acceptors (Lipinski definition) is 7. The maximum atomic E-state index is 12.1. The molecule has 1 N–H and O–H groups in total. The fraction of sp³-hybridized carbons (Fsp3) is 0.421. The van der Waals surface area contributed by atoms with E-state index < -0.39 is 5.56 Å². The standard InChI is InChI=1S/C19H22N4O3S/c1-27-19-21-17(16(13-20)18(24)22-19)14-4-2-5-15(12-14)26-9-3-6-23-7-10-25-11-8-23/h2,4-5,12H,3,6-11H2,1H3,(H,21,22,24).